The number of benzene rings is 2. The van der Waals surface area contributed by atoms with E-state index in [2.05, 4.69) is 16.0 Å². The summed E-state index contributed by atoms with van der Waals surface area (Å²) in [7, 11) is 9.39. The Hall–Kier alpha value is -5.46. The highest BCUT2D eigenvalue weighted by molar-refractivity contribution is 5.88. The van der Waals surface area contributed by atoms with Crippen LogP contribution in [0.3, 0.4) is 0 Å². The van der Waals surface area contributed by atoms with Gasteiger partial charge in [0.25, 0.3) is 0 Å². The highest BCUT2D eigenvalue weighted by Gasteiger charge is 2.35. The van der Waals surface area contributed by atoms with Crippen LogP contribution in [0, 0.1) is 0 Å². The van der Waals surface area contributed by atoms with E-state index in [9.17, 15) is 19.2 Å². The van der Waals surface area contributed by atoms with Crippen molar-refractivity contribution in [3.05, 3.63) is 68.9 Å². The molecule has 0 saturated carbocycles. The summed E-state index contributed by atoms with van der Waals surface area (Å²) in [6, 6.07) is 9.88. The Morgan fingerprint density at radius 1 is 0.811 bits per heavy atom. The summed E-state index contributed by atoms with van der Waals surface area (Å²) < 4.78 is 28.1. The zero-order chi connectivity index (χ0) is 38.2. The van der Waals surface area contributed by atoms with E-state index >= 15 is 0 Å². The summed E-state index contributed by atoms with van der Waals surface area (Å²) in [6.45, 7) is 2.28. The molecule has 284 valence electrons. The van der Waals surface area contributed by atoms with Gasteiger partial charge in [0.1, 0.15) is 6.04 Å². The van der Waals surface area contributed by atoms with Crippen LogP contribution in [0.1, 0.15) is 67.3 Å². The number of nitrogens with zero attached hydrogens (tertiary/aromatic N) is 1. The van der Waals surface area contributed by atoms with Crippen molar-refractivity contribution in [2.45, 2.75) is 70.5 Å². The number of ether oxygens (including phenoxy) is 5. The fraction of sp³-hybridized carbons (Fsp3) is 0.450. The molecule has 0 unspecified atom stereocenters. The van der Waals surface area contributed by atoms with Gasteiger partial charge in [0.05, 0.1) is 47.3 Å². The standard InChI is InChI=1S/C40H50N4O9/c1-23(45)43-29-14-12-24-18-35(51-5)38(52-6)39(53-7)37(24)27-13-15-30(32(46)21-28(27)29)42-16-10-8-9-11-36(47)44-22-26-20-34(50-4)33(49-3)19-25(26)17-31(44)40(48)41-2/h13,15,18-21,29,31H,8-12,14,16-17,22H2,1-7H3,(H,41,48)(H,42,46)(H,43,45)/t29-,31-/m1/s1. The largest absolute Gasteiger partial charge is 0.493 e. The van der Waals surface area contributed by atoms with Crippen molar-refractivity contribution in [1.82, 2.24) is 15.5 Å². The normalized spacial score (nSPS) is 15.8. The van der Waals surface area contributed by atoms with Gasteiger partial charge in [0, 0.05) is 45.5 Å². The summed E-state index contributed by atoms with van der Waals surface area (Å²) in [5.74, 6) is 2.12. The average molecular weight is 731 g/mol. The third kappa shape index (κ3) is 8.29. The maximum absolute atomic E-state index is 13.6. The van der Waals surface area contributed by atoms with E-state index < -0.39 is 12.1 Å². The number of nitrogens with one attached hydrogen (secondary N) is 3. The van der Waals surface area contributed by atoms with Crippen molar-refractivity contribution in [3.8, 4) is 39.9 Å². The Balaban J connectivity index is 1.28. The summed E-state index contributed by atoms with van der Waals surface area (Å²) in [5, 5.41) is 9.02. The van der Waals surface area contributed by atoms with Gasteiger partial charge in [-0.15, -0.1) is 0 Å². The SMILES string of the molecule is CNC(=O)[C@H]1Cc2cc(OC)c(OC)cc2CN1C(=O)CCCCCNc1ccc2c(cc1=O)[C@H](NC(C)=O)CCc1cc(OC)c(OC)c(OC)c1-2. The number of unbranched alkanes of at least 4 members (excludes halogenated alkanes) is 2. The molecule has 53 heavy (non-hydrogen) atoms. The van der Waals surface area contributed by atoms with E-state index in [1.165, 1.54) is 6.92 Å². The molecule has 3 amide bonds. The van der Waals surface area contributed by atoms with Crippen molar-refractivity contribution >= 4 is 23.4 Å². The van der Waals surface area contributed by atoms with Crippen LogP contribution in [0.2, 0.25) is 0 Å². The number of rotatable bonds is 14. The predicted molar refractivity (Wildman–Crippen MR) is 201 cm³/mol. The molecule has 0 radical (unpaired) electrons. The Morgan fingerprint density at radius 3 is 2.13 bits per heavy atom. The van der Waals surface area contributed by atoms with E-state index in [0.29, 0.717) is 85.2 Å². The molecular formula is C40H50N4O9. The minimum Gasteiger partial charge on any atom is -0.493 e. The topological polar surface area (TPSA) is 154 Å². The number of fused-ring (bicyclic) bond motifs is 4. The lowest BCUT2D eigenvalue weighted by molar-refractivity contribution is -0.141. The van der Waals surface area contributed by atoms with Crippen molar-refractivity contribution in [3.63, 3.8) is 0 Å². The second-order valence-electron chi connectivity index (χ2n) is 13.2. The van der Waals surface area contributed by atoms with Gasteiger partial charge in [-0.3, -0.25) is 19.2 Å². The van der Waals surface area contributed by atoms with Crippen LogP contribution in [-0.2, 0) is 33.8 Å². The summed E-state index contributed by atoms with van der Waals surface area (Å²) >= 11 is 0. The molecule has 0 spiro atoms. The van der Waals surface area contributed by atoms with Crippen molar-refractivity contribution < 1.29 is 38.1 Å². The minimum atomic E-state index is -0.621. The molecule has 3 aromatic rings. The number of hydrogen-bond donors (Lipinski definition) is 3. The molecule has 0 aromatic heterocycles. The van der Waals surface area contributed by atoms with Crippen LogP contribution in [0.15, 0.2) is 41.2 Å². The Morgan fingerprint density at radius 2 is 1.49 bits per heavy atom. The fourth-order valence-corrected chi connectivity index (χ4v) is 7.37. The van der Waals surface area contributed by atoms with E-state index in [1.54, 1.807) is 59.6 Å². The molecule has 5 rings (SSSR count). The average Bonchev–Trinajstić information content (AvgIpc) is 3.41. The molecule has 0 saturated heterocycles. The first-order valence-corrected chi connectivity index (χ1v) is 17.8. The maximum atomic E-state index is 13.6. The van der Waals surface area contributed by atoms with Crippen LogP contribution in [0.5, 0.6) is 28.7 Å². The van der Waals surface area contributed by atoms with Crippen LogP contribution in [-0.4, -0.2) is 77.8 Å². The van der Waals surface area contributed by atoms with Gasteiger partial charge in [0.2, 0.25) is 28.9 Å². The lowest BCUT2D eigenvalue weighted by Crippen LogP contribution is -2.51. The number of anilines is 1. The van der Waals surface area contributed by atoms with Gasteiger partial charge in [-0.2, -0.15) is 0 Å². The monoisotopic (exact) mass is 730 g/mol. The molecule has 1 aliphatic heterocycles. The highest BCUT2D eigenvalue weighted by atomic mass is 16.5. The summed E-state index contributed by atoms with van der Waals surface area (Å²) in [6.07, 6.45) is 3.92. The second-order valence-corrected chi connectivity index (χ2v) is 13.2. The predicted octanol–water partition coefficient (Wildman–Crippen LogP) is 4.55. The Bertz CT molecular complexity index is 1910. The van der Waals surface area contributed by atoms with Gasteiger partial charge in [-0.1, -0.05) is 12.5 Å². The lowest BCUT2D eigenvalue weighted by Gasteiger charge is -2.36. The van der Waals surface area contributed by atoms with Crippen LogP contribution >= 0.6 is 0 Å². The zero-order valence-corrected chi connectivity index (χ0v) is 31.6. The number of hydrogen-bond acceptors (Lipinski definition) is 10. The molecule has 0 fully saturated rings. The van der Waals surface area contributed by atoms with Crippen molar-refractivity contribution in [2.75, 3.05) is 54.5 Å². The summed E-state index contributed by atoms with van der Waals surface area (Å²) in [5.41, 5.74) is 5.26. The summed E-state index contributed by atoms with van der Waals surface area (Å²) in [4.78, 5) is 53.9. The van der Waals surface area contributed by atoms with Crippen LogP contribution in [0.25, 0.3) is 11.1 Å². The first kappa shape index (κ1) is 38.8. The zero-order valence-electron chi connectivity index (χ0n) is 31.6. The molecule has 13 heteroatoms. The molecule has 1 aliphatic carbocycles. The number of likely N-dealkylation sites (N-methyl/N-ethyl adjacent to an activating group) is 1. The van der Waals surface area contributed by atoms with Gasteiger partial charge in [0.15, 0.2) is 23.0 Å². The van der Waals surface area contributed by atoms with Crippen LogP contribution < -0.4 is 45.1 Å². The molecule has 13 nitrogen and oxygen atoms in total. The number of aryl methyl sites for hydroxylation is 1. The third-order valence-corrected chi connectivity index (χ3v) is 10.0. The van der Waals surface area contributed by atoms with Gasteiger partial charge in [-0.05, 0) is 83.8 Å². The maximum Gasteiger partial charge on any atom is 0.242 e. The molecule has 3 aromatic carbocycles. The van der Waals surface area contributed by atoms with E-state index in [-0.39, 0.29) is 29.6 Å². The number of methoxy groups -OCH3 is 5. The fourth-order valence-electron chi connectivity index (χ4n) is 7.37. The van der Waals surface area contributed by atoms with Crippen LogP contribution in [0.4, 0.5) is 5.69 Å². The van der Waals surface area contributed by atoms with E-state index in [0.717, 1.165) is 34.2 Å². The van der Waals surface area contributed by atoms with E-state index in [4.69, 9.17) is 23.7 Å². The van der Waals surface area contributed by atoms with Gasteiger partial charge in [-0.25, -0.2) is 0 Å². The Labute approximate surface area is 310 Å². The minimum absolute atomic E-state index is 0.0934. The quantitative estimate of drug-likeness (QED) is 0.202. The first-order chi connectivity index (χ1) is 25.6. The number of carbonyl (C=O) groups is 3. The van der Waals surface area contributed by atoms with Crippen molar-refractivity contribution in [1.29, 1.82) is 0 Å². The number of amides is 3. The van der Waals surface area contributed by atoms with Gasteiger partial charge >= 0.3 is 0 Å². The third-order valence-electron chi connectivity index (χ3n) is 10.0. The molecule has 3 N–H and O–H groups in total. The molecule has 1 heterocycles. The molecular weight excluding hydrogens is 680 g/mol. The second kappa shape index (κ2) is 17.4. The Kier molecular flexibility index (Phi) is 12.7. The van der Waals surface area contributed by atoms with Gasteiger partial charge < -0.3 is 44.5 Å². The lowest BCUT2D eigenvalue weighted by atomic mass is 9.92. The smallest absolute Gasteiger partial charge is 0.242 e. The number of carbonyl (C=O) groups excluding carboxylic acids is 3. The first-order valence-electron chi connectivity index (χ1n) is 17.8. The van der Waals surface area contributed by atoms with Crippen molar-refractivity contribution in [2.24, 2.45) is 0 Å². The molecule has 2 aliphatic rings. The van der Waals surface area contributed by atoms with E-state index in [1.807, 2.05) is 24.3 Å². The molecule has 2 atom stereocenters. The highest BCUT2D eigenvalue weighted by Crippen LogP contribution is 2.50. The molecule has 0 bridgehead atoms.